The molecule has 2 aliphatic carbocycles. The highest BCUT2D eigenvalue weighted by atomic mass is 35.5. The van der Waals surface area contributed by atoms with Gasteiger partial charge in [-0.05, 0) is 150 Å². The molecule has 6 aliphatic rings. The Kier molecular flexibility index (Phi) is 7.88. The summed E-state index contributed by atoms with van der Waals surface area (Å²) in [5.74, 6) is 1.20. The molecule has 2 aromatic carbocycles. The zero-order chi connectivity index (χ0) is 33.9. The lowest BCUT2D eigenvalue weighted by atomic mass is 9.47. The van der Waals surface area contributed by atoms with Gasteiger partial charge in [0.15, 0.2) is 0 Å². The number of hydrogen-bond acceptors (Lipinski definition) is 4. The third-order valence-electron chi connectivity index (χ3n) is 14.3. The second kappa shape index (κ2) is 10.7. The van der Waals surface area contributed by atoms with Crippen LogP contribution in [0, 0.1) is 43.4 Å². The van der Waals surface area contributed by atoms with E-state index in [-0.39, 0.29) is 34.0 Å². The van der Waals surface area contributed by atoms with E-state index in [2.05, 4.69) is 147 Å². The van der Waals surface area contributed by atoms with Crippen LogP contribution < -0.4 is 19.6 Å². The minimum atomic E-state index is -0.512. The van der Waals surface area contributed by atoms with E-state index in [0.29, 0.717) is 11.8 Å². The topological polar surface area (TPSA) is 13.0 Å². The highest BCUT2D eigenvalue weighted by molar-refractivity contribution is 6.25. The minimum absolute atomic E-state index is 0.0609. The Labute approximate surface area is 286 Å². The first kappa shape index (κ1) is 33.8. The van der Waals surface area contributed by atoms with Gasteiger partial charge in [-0.2, -0.15) is 0 Å². The highest BCUT2D eigenvalue weighted by Crippen LogP contribution is 2.67. The minimum Gasteiger partial charge on any atom is -0.378 e. The van der Waals surface area contributed by atoms with Crippen LogP contribution in [0.4, 0.5) is 22.7 Å². The summed E-state index contributed by atoms with van der Waals surface area (Å²) in [7, 11) is 8.59. The highest BCUT2D eigenvalue weighted by Gasteiger charge is 2.70. The van der Waals surface area contributed by atoms with Crippen LogP contribution in [0.15, 0.2) is 30.3 Å². The van der Waals surface area contributed by atoms with Gasteiger partial charge >= 0.3 is 0 Å². The second-order valence-corrected chi connectivity index (χ2v) is 18.9. The lowest BCUT2D eigenvalue weighted by molar-refractivity contribution is -0.0692. The summed E-state index contributed by atoms with van der Waals surface area (Å²) in [6.07, 6.45) is 7.33. The molecule has 7 unspecified atom stereocenters. The van der Waals surface area contributed by atoms with E-state index in [1.54, 1.807) is 0 Å². The molecule has 0 N–H and O–H groups in total. The molecule has 0 aromatic heterocycles. The Hall–Kier alpha value is -2.07. The average Bonchev–Trinajstić information content (AvgIpc) is 2.94. The molecule has 4 bridgehead atoms. The first-order valence-corrected chi connectivity index (χ1v) is 18.4. The number of halogens is 1. The lowest BCUT2D eigenvalue weighted by Gasteiger charge is -2.74. The summed E-state index contributed by atoms with van der Waals surface area (Å²) in [5.41, 5.74) is 9.75. The Morgan fingerprint density at radius 3 is 1.54 bits per heavy atom. The summed E-state index contributed by atoms with van der Waals surface area (Å²) in [5, 5.41) is 0. The number of hydrogen-bond donors (Lipinski definition) is 0. The molecule has 0 spiro atoms. The smallest absolute Gasteiger partial charge is 0.0834 e. The van der Waals surface area contributed by atoms with E-state index in [0.717, 1.165) is 0 Å². The van der Waals surface area contributed by atoms with Crippen molar-refractivity contribution in [3.8, 4) is 0 Å². The second-order valence-electron chi connectivity index (χ2n) is 18.1. The molecule has 4 heterocycles. The molecule has 0 radical (unpaired) electrons. The quantitative estimate of drug-likeness (QED) is 0.290. The third-order valence-corrected chi connectivity index (χ3v) is 14.7. The van der Waals surface area contributed by atoms with Gasteiger partial charge in [-0.15, -0.1) is 11.6 Å². The molecule has 5 heteroatoms. The molecule has 8 rings (SSSR count). The number of benzene rings is 2. The molecule has 4 saturated heterocycles. The Morgan fingerprint density at radius 2 is 1.11 bits per heavy atom. The summed E-state index contributed by atoms with van der Waals surface area (Å²) in [6, 6.07) is 12.3. The fourth-order valence-electron chi connectivity index (χ4n) is 11.6. The van der Waals surface area contributed by atoms with E-state index >= 15 is 0 Å². The SMILES string of the molecule is Cc1cc(N(C)C)ccc1N1C([C@](C)(Cl)C2N(c3c(C)cc(N(C)C)cc3C)C3(C)CCC2(C)C(C)C3)[C@@]2(C)CCC1(C)CC2C. The van der Waals surface area contributed by atoms with Gasteiger partial charge in [0.25, 0.3) is 0 Å². The average molecular weight is 647 g/mol. The van der Waals surface area contributed by atoms with Crippen LogP contribution in [0.25, 0.3) is 0 Å². The van der Waals surface area contributed by atoms with E-state index < -0.39 is 4.87 Å². The summed E-state index contributed by atoms with van der Waals surface area (Å²) in [4.78, 5) is 9.74. The van der Waals surface area contributed by atoms with Crippen LogP contribution in [-0.2, 0) is 0 Å². The van der Waals surface area contributed by atoms with Crippen molar-refractivity contribution in [2.75, 3.05) is 47.8 Å². The molecule has 9 atom stereocenters. The predicted molar refractivity (Wildman–Crippen MR) is 202 cm³/mol. The molecule has 2 saturated carbocycles. The van der Waals surface area contributed by atoms with Gasteiger partial charge in [0.1, 0.15) is 0 Å². The number of aryl methyl sites for hydroxylation is 3. The standard InChI is InChI=1S/C41H63ClN4/c1-26-21-31(43(11)12)15-16-33(26)45-35(39(8)19-17-37(45,6)24-29(39)4)41(10,42)36-40(9)20-18-38(7,25-30(40)5)46(36)34-27(2)22-32(44(13)14)23-28(34)3/h15-16,21-23,29-30,35-36H,17-20,24-25H2,1-14H3/t29?,30?,35?,36?,37?,38?,39-,40?,41-/m0/s1. The number of anilines is 4. The summed E-state index contributed by atoms with van der Waals surface area (Å²) < 4.78 is 0. The maximum atomic E-state index is 8.63. The molecular formula is C41H63ClN4. The Bertz CT molecular complexity index is 1490. The van der Waals surface area contributed by atoms with Gasteiger partial charge in [-0.3, -0.25) is 0 Å². The van der Waals surface area contributed by atoms with Gasteiger partial charge in [-0.1, -0.05) is 27.7 Å². The predicted octanol–water partition coefficient (Wildman–Crippen LogP) is 9.99. The molecule has 4 nitrogen and oxygen atoms in total. The number of alkyl halides is 1. The van der Waals surface area contributed by atoms with Gasteiger partial charge in [0.2, 0.25) is 0 Å². The van der Waals surface area contributed by atoms with Gasteiger partial charge in [0.05, 0.1) is 17.0 Å². The van der Waals surface area contributed by atoms with Crippen LogP contribution in [0.3, 0.4) is 0 Å². The van der Waals surface area contributed by atoms with Crippen LogP contribution in [0.5, 0.6) is 0 Å². The van der Waals surface area contributed by atoms with Crippen molar-refractivity contribution in [2.24, 2.45) is 22.7 Å². The third kappa shape index (κ3) is 4.65. The van der Waals surface area contributed by atoms with Crippen molar-refractivity contribution < 1.29 is 0 Å². The number of nitrogens with zero attached hydrogens (tertiary/aromatic N) is 4. The molecule has 254 valence electrons. The first-order valence-electron chi connectivity index (χ1n) is 18.1. The zero-order valence-corrected chi connectivity index (χ0v) is 32.4. The fraction of sp³-hybridized carbons (Fsp3) is 0.707. The van der Waals surface area contributed by atoms with E-state index in [1.165, 1.54) is 78.0 Å². The van der Waals surface area contributed by atoms with Crippen LogP contribution in [0.1, 0.15) is 104 Å². The van der Waals surface area contributed by atoms with E-state index in [4.69, 9.17) is 11.6 Å². The number of fused-ring (bicyclic) bond motifs is 6. The monoisotopic (exact) mass is 646 g/mol. The Morgan fingerprint density at radius 1 is 0.674 bits per heavy atom. The van der Waals surface area contributed by atoms with Crippen LogP contribution in [0.2, 0.25) is 0 Å². The van der Waals surface area contributed by atoms with Gasteiger partial charge in [-0.25, -0.2) is 0 Å². The van der Waals surface area contributed by atoms with Gasteiger partial charge < -0.3 is 19.6 Å². The van der Waals surface area contributed by atoms with Crippen molar-refractivity contribution in [3.63, 3.8) is 0 Å². The molecular weight excluding hydrogens is 584 g/mol. The first-order chi connectivity index (χ1) is 21.2. The lowest BCUT2D eigenvalue weighted by Crippen LogP contribution is -2.81. The van der Waals surface area contributed by atoms with Crippen molar-refractivity contribution in [3.05, 3.63) is 47.0 Å². The molecule has 0 amide bonds. The maximum absolute atomic E-state index is 8.63. The van der Waals surface area contributed by atoms with Crippen LogP contribution >= 0.6 is 11.6 Å². The van der Waals surface area contributed by atoms with Gasteiger partial charge in [0, 0.05) is 62.0 Å². The van der Waals surface area contributed by atoms with E-state index in [1.807, 2.05) is 0 Å². The van der Waals surface area contributed by atoms with E-state index in [9.17, 15) is 0 Å². The van der Waals surface area contributed by atoms with Crippen molar-refractivity contribution in [1.29, 1.82) is 0 Å². The van der Waals surface area contributed by atoms with Crippen molar-refractivity contribution >= 4 is 34.4 Å². The molecule has 46 heavy (non-hydrogen) atoms. The van der Waals surface area contributed by atoms with Crippen molar-refractivity contribution in [2.45, 2.75) is 136 Å². The zero-order valence-electron chi connectivity index (χ0n) is 31.6. The Balaban J connectivity index is 1.59. The molecule has 4 aliphatic heterocycles. The normalized spacial score (nSPS) is 38.2. The molecule has 2 aromatic rings. The molecule has 6 fully saturated rings. The number of rotatable bonds is 6. The number of piperidine rings is 4. The largest absolute Gasteiger partial charge is 0.378 e. The fourth-order valence-corrected chi connectivity index (χ4v) is 12.2. The van der Waals surface area contributed by atoms with Crippen molar-refractivity contribution in [1.82, 2.24) is 0 Å². The van der Waals surface area contributed by atoms with Crippen LogP contribution in [-0.4, -0.2) is 56.2 Å². The summed E-state index contributed by atoms with van der Waals surface area (Å²) >= 11 is 8.63. The maximum Gasteiger partial charge on any atom is 0.0834 e. The summed E-state index contributed by atoms with van der Waals surface area (Å²) in [6.45, 7) is 24.8.